The van der Waals surface area contributed by atoms with Gasteiger partial charge >= 0.3 is 0 Å². The zero-order valence-corrected chi connectivity index (χ0v) is 7.49. The molecule has 15 heavy (non-hydrogen) atoms. The molecule has 1 aromatic carbocycles. The summed E-state index contributed by atoms with van der Waals surface area (Å²) in [5, 5.41) is 26.7. The topological polar surface area (TPSA) is 60.7 Å². The van der Waals surface area contributed by atoms with Crippen molar-refractivity contribution in [1.29, 1.82) is 0 Å². The molecule has 0 saturated heterocycles. The first kappa shape index (κ1) is 12.0. The molecule has 1 rings (SSSR count). The van der Waals surface area contributed by atoms with Gasteiger partial charge in [0.05, 0.1) is 6.61 Å². The molecule has 84 valence electrons. The Morgan fingerprint density at radius 1 is 1.00 bits per heavy atom. The molecule has 0 heterocycles. The Balaban J connectivity index is 3.09. The molecule has 3 nitrogen and oxygen atoms in total. The van der Waals surface area contributed by atoms with Crippen molar-refractivity contribution in [2.75, 3.05) is 6.61 Å². The van der Waals surface area contributed by atoms with E-state index in [1.54, 1.807) is 0 Å². The molecule has 3 N–H and O–H groups in total. The van der Waals surface area contributed by atoms with Crippen molar-refractivity contribution in [3.63, 3.8) is 0 Å². The molecular weight excluding hydrogens is 213 g/mol. The molecule has 2 atom stereocenters. The fourth-order valence-corrected chi connectivity index (χ4v) is 1.07. The van der Waals surface area contributed by atoms with Crippen molar-refractivity contribution < 1.29 is 28.5 Å². The summed E-state index contributed by atoms with van der Waals surface area (Å²) < 4.78 is 38.2. The minimum atomic E-state index is -1.80. The van der Waals surface area contributed by atoms with Crippen LogP contribution in [0.2, 0.25) is 0 Å². The van der Waals surface area contributed by atoms with E-state index in [4.69, 9.17) is 10.2 Å². The number of halogens is 3. The average molecular weight is 222 g/mol. The van der Waals surface area contributed by atoms with Crippen molar-refractivity contribution in [3.05, 3.63) is 35.1 Å². The second-order valence-corrected chi connectivity index (χ2v) is 2.98. The van der Waals surface area contributed by atoms with E-state index in [1.165, 1.54) is 0 Å². The fraction of sp³-hybridized carbons (Fsp3) is 0.333. The zero-order chi connectivity index (χ0) is 11.6. The normalized spacial score (nSPS) is 15.1. The number of hydrogen-bond acceptors (Lipinski definition) is 3. The van der Waals surface area contributed by atoms with Crippen LogP contribution in [0.15, 0.2) is 12.1 Å². The van der Waals surface area contributed by atoms with E-state index in [0.29, 0.717) is 6.07 Å². The molecule has 6 heteroatoms. The minimum absolute atomic E-state index is 0.262. The Morgan fingerprint density at radius 3 is 2.07 bits per heavy atom. The fourth-order valence-electron chi connectivity index (χ4n) is 1.07. The van der Waals surface area contributed by atoms with Gasteiger partial charge in [-0.2, -0.15) is 0 Å². The van der Waals surface area contributed by atoms with Gasteiger partial charge in [-0.25, -0.2) is 13.2 Å². The second-order valence-electron chi connectivity index (χ2n) is 2.98. The lowest BCUT2D eigenvalue weighted by Gasteiger charge is -2.16. The van der Waals surface area contributed by atoms with Crippen LogP contribution in [-0.4, -0.2) is 28.0 Å². The third-order valence-corrected chi connectivity index (χ3v) is 1.91. The van der Waals surface area contributed by atoms with Crippen molar-refractivity contribution in [3.8, 4) is 0 Å². The predicted octanol–water partition coefficient (Wildman–Crippen LogP) is 0.491. The molecule has 0 aliphatic carbocycles. The minimum Gasteiger partial charge on any atom is -0.394 e. The number of aliphatic hydroxyl groups is 3. The van der Waals surface area contributed by atoms with E-state index in [9.17, 15) is 18.3 Å². The Hall–Kier alpha value is -1.11. The molecule has 0 aromatic heterocycles. The standard InChI is InChI=1S/C9H9F3O3/c10-5-2-7(12)6(11)1-4(5)9(15)8(14)3-13/h1-2,8-9,13-15H,3H2. The van der Waals surface area contributed by atoms with Crippen LogP contribution in [0.1, 0.15) is 11.7 Å². The van der Waals surface area contributed by atoms with Gasteiger partial charge in [-0.15, -0.1) is 0 Å². The van der Waals surface area contributed by atoms with Crippen LogP contribution in [0.3, 0.4) is 0 Å². The summed E-state index contributed by atoms with van der Waals surface area (Å²) >= 11 is 0. The van der Waals surface area contributed by atoms with Gasteiger partial charge in [-0.3, -0.25) is 0 Å². The summed E-state index contributed by atoms with van der Waals surface area (Å²) in [6, 6.07) is 0.701. The summed E-state index contributed by atoms with van der Waals surface area (Å²) in [5.41, 5.74) is -0.601. The monoisotopic (exact) mass is 222 g/mol. The Kier molecular flexibility index (Phi) is 3.67. The summed E-state index contributed by atoms with van der Waals surface area (Å²) in [7, 11) is 0. The smallest absolute Gasteiger partial charge is 0.161 e. The highest BCUT2D eigenvalue weighted by atomic mass is 19.2. The average Bonchev–Trinajstić information content (AvgIpc) is 2.21. The van der Waals surface area contributed by atoms with Gasteiger partial charge in [-0.1, -0.05) is 0 Å². The lowest BCUT2D eigenvalue weighted by molar-refractivity contribution is -0.0170. The van der Waals surface area contributed by atoms with Crippen LogP contribution in [0, 0.1) is 17.5 Å². The van der Waals surface area contributed by atoms with Crippen LogP contribution in [-0.2, 0) is 0 Å². The second kappa shape index (κ2) is 4.61. The van der Waals surface area contributed by atoms with E-state index >= 15 is 0 Å². The van der Waals surface area contributed by atoms with Gasteiger partial charge in [-0.05, 0) is 6.07 Å². The van der Waals surface area contributed by atoms with Crippen LogP contribution >= 0.6 is 0 Å². The molecule has 0 amide bonds. The number of aliphatic hydroxyl groups excluding tert-OH is 3. The van der Waals surface area contributed by atoms with E-state index < -0.39 is 41.8 Å². The molecule has 0 aliphatic heterocycles. The molecule has 2 unspecified atom stereocenters. The van der Waals surface area contributed by atoms with Gasteiger partial charge in [0, 0.05) is 11.6 Å². The third-order valence-electron chi connectivity index (χ3n) is 1.91. The Morgan fingerprint density at radius 2 is 1.53 bits per heavy atom. The summed E-state index contributed by atoms with van der Waals surface area (Å²) in [6.45, 7) is -0.820. The van der Waals surface area contributed by atoms with Crippen molar-refractivity contribution in [2.24, 2.45) is 0 Å². The lowest BCUT2D eigenvalue weighted by atomic mass is 10.0. The highest BCUT2D eigenvalue weighted by molar-refractivity contribution is 5.23. The molecule has 0 bridgehead atoms. The summed E-state index contributed by atoms with van der Waals surface area (Å²) in [5.74, 6) is -3.91. The molecular formula is C9H9F3O3. The molecule has 0 spiro atoms. The predicted molar refractivity (Wildman–Crippen MR) is 44.4 cm³/mol. The Bertz CT molecular complexity index is 357. The highest BCUT2D eigenvalue weighted by Gasteiger charge is 2.22. The van der Waals surface area contributed by atoms with Gasteiger partial charge in [0.15, 0.2) is 11.6 Å². The summed E-state index contributed by atoms with van der Waals surface area (Å²) in [4.78, 5) is 0. The van der Waals surface area contributed by atoms with Gasteiger partial charge in [0.25, 0.3) is 0 Å². The number of benzene rings is 1. The van der Waals surface area contributed by atoms with Gasteiger partial charge < -0.3 is 15.3 Å². The first-order chi connectivity index (χ1) is 6.97. The maximum absolute atomic E-state index is 13.0. The third kappa shape index (κ3) is 2.47. The highest BCUT2D eigenvalue weighted by Crippen LogP contribution is 2.22. The first-order valence-corrected chi connectivity index (χ1v) is 4.08. The van der Waals surface area contributed by atoms with E-state index in [0.717, 1.165) is 0 Å². The van der Waals surface area contributed by atoms with Crippen LogP contribution in [0.25, 0.3) is 0 Å². The summed E-state index contributed by atoms with van der Waals surface area (Å²) in [6.07, 6.45) is -3.45. The lowest BCUT2D eigenvalue weighted by Crippen LogP contribution is -2.23. The number of hydrogen-bond donors (Lipinski definition) is 3. The Labute approximate surface area is 83.4 Å². The molecule has 0 fully saturated rings. The van der Waals surface area contributed by atoms with Crippen LogP contribution in [0.4, 0.5) is 13.2 Å². The van der Waals surface area contributed by atoms with Gasteiger partial charge in [0.1, 0.15) is 18.0 Å². The molecule has 1 aromatic rings. The van der Waals surface area contributed by atoms with E-state index in [2.05, 4.69) is 0 Å². The molecule has 0 aliphatic rings. The van der Waals surface area contributed by atoms with Crippen molar-refractivity contribution >= 4 is 0 Å². The molecule has 0 radical (unpaired) electrons. The molecule has 0 saturated carbocycles. The first-order valence-electron chi connectivity index (χ1n) is 4.08. The number of rotatable bonds is 3. The SMILES string of the molecule is OCC(O)C(O)c1cc(F)c(F)cc1F. The maximum Gasteiger partial charge on any atom is 0.161 e. The quantitative estimate of drug-likeness (QED) is 0.652. The van der Waals surface area contributed by atoms with Crippen LogP contribution in [0.5, 0.6) is 0 Å². The van der Waals surface area contributed by atoms with E-state index in [-0.39, 0.29) is 6.07 Å². The zero-order valence-electron chi connectivity index (χ0n) is 7.49. The van der Waals surface area contributed by atoms with E-state index in [1.807, 2.05) is 0 Å². The van der Waals surface area contributed by atoms with Crippen LogP contribution < -0.4 is 0 Å². The van der Waals surface area contributed by atoms with Gasteiger partial charge in [0.2, 0.25) is 0 Å². The largest absolute Gasteiger partial charge is 0.394 e. The van der Waals surface area contributed by atoms with Crippen molar-refractivity contribution in [1.82, 2.24) is 0 Å². The maximum atomic E-state index is 13.0. The van der Waals surface area contributed by atoms with Crippen molar-refractivity contribution in [2.45, 2.75) is 12.2 Å².